The Hall–Kier alpha value is -2.04. The summed E-state index contributed by atoms with van der Waals surface area (Å²) in [6, 6.07) is 7.58. The van der Waals surface area contributed by atoms with Crippen LogP contribution in [0.1, 0.15) is 32.8 Å². The van der Waals surface area contributed by atoms with Crippen molar-refractivity contribution in [1.29, 1.82) is 0 Å². The first kappa shape index (κ1) is 15.4. The number of para-hydroxylation sites is 1. The minimum atomic E-state index is -0.910. The Bertz CT molecular complexity index is 522. The van der Waals surface area contributed by atoms with Crippen LogP contribution in [0, 0.1) is 0 Å². The van der Waals surface area contributed by atoms with Gasteiger partial charge in [-0.1, -0.05) is 18.2 Å². The maximum atomic E-state index is 12.7. The fraction of sp³-hybridized carbons (Fsp3) is 0.500. The molecule has 5 heteroatoms. The Balaban J connectivity index is 2.11. The summed E-state index contributed by atoms with van der Waals surface area (Å²) in [5.74, 6) is -0.324. The molecular formula is C16H21NO4. The number of hydrogen-bond acceptors (Lipinski definition) is 3. The van der Waals surface area contributed by atoms with Gasteiger partial charge in [-0.05, 0) is 32.4 Å². The predicted octanol–water partition coefficient (Wildman–Crippen LogP) is 2.09. The third kappa shape index (κ3) is 3.54. The second kappa shape index (κ2) is 5.76. The second-order valence-electron chi connectivity index (χ2n) is 6.22. The number of hydrogen-bond donors (Lipinski definition) is 1. The number of nitrogens with zero attached hydrogens (tertiary/aromatic N) is 1. The monoisotopic (exact) mass is 291 g/mol. The number of ether oxygens (including phenoxy) is 1. The summed E-state index contributed by atoms with van der Waals surface area (Å²) in [5.41, 5.74) is 0.577. The van der Waals surface area contributed by atoms with Crippen LogP contribution >= 0.6 is 0 Å². The highest BCUT2D eigenvalue weighted by Crippen LogP contribution is 2.30. The molecule has 1 heterocycles. The molecule has 5 nitrogen and oxygen atoms in total. The molecule has 0 aromatic heterocycles. The maximum absolute atomic E-state index is 12.7. The van der Waals surface area contributed by atoms with E-state index in [1.165, 1.54) is 0 Å². The highest BCUT2D eigenvalue weighted by atomic mass is 16.5. The van der Waals surface area contributed by atoms with Gasteiger partial charge in [0.25, 0.3) is 5.91 Å². The van der Waals surface area contributed by atoms with E-state index in [4.69, 9.17) is 9.84 Å². The van der Waals surface area contributed by atoms with E-state index in [-0.39, 0.29) is 18.9 Å². The van der Waals surface area contributed by atoms with Crippen LogP contribution in [-0.4, -0.2) is 40.1 Å². The number of rotatable bonds is 4. The molecule has 1 unspecified atom stereocenters. The van der Waals surface area contributed by atoms with Crippen LogP contribution < -0.4 is 4.74 Å². The quantitative estimate of drug-likeness (QED) is 0.922. The summed E-state index contributed by atoms with van der Waals surface area (Å²) in [7, 11) is 0. The molecule has 1 aromatic carbocycles. The van der Waals surface area contributed by atoms with Crippen molar-refractivity contribution < 1.29 is 19.4 Å². The van der Waals surface area contributed by atoms with E-state index in [0.717, 1.165) is 11.3 Å². The molecule has 0 radical (unpaired) electrons. The molecule has 1 N–H and O–H groups in total. The molecular weight excluding hydrogens is 270 g/mol. The molecule has 0 spiro atoms. The zero-order valence-electron chi connectivity index (χ0n) is 12.6. The summed E-state index contributed by atoms with van der Waals surface area (Å²) in [4.78, 5) is 25.1. The third-order valence-electron chi connectivity index (χ3n) is 3.55. The lowest BCUT2D eigenvalue weighted by Gasteiger charge is -2.36. The smallest absolute Gasteiger partial charge is 0.305 e. The molecule has 114 valence electrons. The van der Waals surface area contributed by atoms with Crippen LogP contribution in [0.3, 0.4) is 0 Å². The van der Waals surface area contributed by atoms with Gasteiger partial charge < -0.3 is 14.7 Å². The minimum Gasteiger partial charge on any atom is -0.481 e. The molecule has 0 aliphatic carbocycles. The number of carboxylic acid groups (broad SMARTS) is 1. The van der Waals surface area contributed by atoms with E-state index in [2.05, 4.69) is 0 Å². The standard InChI is InChI=1S/C16H21NO4/c1-16(2,3)17(9-8-14(18)19)15(20)13-10-11-6-4-5-7-12(11)21-13/h4-7,13H,8-10H2,1-3H3,(H,18,19). The van der Waals surface area contributed by atoms with Crippen LogP contribution in [0.25, 0.3) is 0 Å². The summed E-state index contributed by atoms with van der Waals surface area (Å²) in [6.45, 7) is 5.88. The number of amides is 1. The van der Waals surface area contributed by atoms with Gasteiger partial charge in [0.1, 0.15) is 5.75 Å². The van der Waals surface area contributed by atoms with Gasteiger partial charge in [-0.15, -0.1) is 0 Å². The van der Waals surface area contributed by atoms with Crippen molar-refractivity contribution in [3.8, 4) is 5.75 Å². The van der Waals surface area contributed by atoms with Gasteiger partial charge in [0.15, 0.2) is 6.10 Å². The molecule has 0 saturated heterocycles. The van der Waals surface area contributed by atoms with Crippen molar-refractivity contribution in [2.24, 2.45) is 0 Å². The lowest BCUT2D eigenvalue weighted by molar-refractivity contribution is -0.145. The lowest BCUT2D eigenvalue weighted by Crippen LogP contribution is -2.51. The number of fused-ring (bicyclic) bond motifs is 1. The zero-order valence-corrected chi connectivity index (χ0v) is 12.6. The lowest BCUT2D eigenvalue weighted by atomic mass is 10.0. The number of benzene rings is 1. The molecule has 0 bridgehead atoms. The molecule has 1 aromatic rings. The first-order valence-corrected chi connectivity index (χ1v) is 7.07. The molecule has 2 rings (SSSR count). The molecule has 1 aliphatic rings. The Morgan fingerprint density at radius 3 is 2.57 bits per heavy atom. The summed E-state index contributed by atoms with van der Waals surface area (Å²) in [5, 5.41) is 8.85. The number of carboxylic acids is 1. The van der Waals surface area contributed by atoms with Gasteiger partial charge in [0, 0.05) is 18.5 Å². The highest BCUT2D eigenvalue weighted by Gasteiger charge is 2.36. The van der Waals surface area contributed by atoms with Crippen LogP contribution in [0.15, 0.2) is 24.3 Å². The summed E-state index contributed by atoms with van der Waals surface area (Å²) in [6.07, 6.45) is -0.0902. The van der Waals surface area contributed by atoms with E-state index in [1.54, 1.807) is 4.90 Å². The normalized spacial score (nSPS) is 17.0. The average molecular weight is 291 g/mol. The van der Waals surface area contributed by atoms with E-state index in [0.29, 0.717) is 6.42 Å². The van der Waals surface area contributed by atoms with Gasteiger partial charge >= 0.3 is 5.97 Å². The number of aliphatic carboxylic acids is 1. The molecule has 1 amide bonds. The van der Waals surface area contributed by atoms with Crippen LogP contribution in [-0.2, 0) is 16.0 Å². The van der Waals surface area contributed by atoms with Gasteiger partial charge in [0.05, 0.1) is 6.42 Å². The second-order valence-corrected chi connectivity index (χ2v) is 6.22. The summed E-state index contributed by atoms with van der Waals surface area (Å²) < 4.78 is 5.71. The summed E-state index contributed by atoms with van der Waals surface area (Å²) >= 11 is 0. The van der Waals surface area contributed by atoms with Gasteiger partial charge in [-0.3, -0.25) is 9.59 Å². The van der Waals surface area contributed by atoms with Gasteiger partial charge in [-0.2, -0.15) is 0 Å². The minimum absolute atomic E-state index is 0.0668. The topological polar surface area (TPSA) is 66.8 Å². The zero-order chi connectivity index (χ0) is 15.6. The van der Waals surface area contributed by atoms with Crippen molar-refractivity contribution >= 4 is 11.9 Å². The van der Waals surface area contributed by atoms with E-state index in [1.807, 2.05) is 45.0 Å². The third-order valence-corrected chi connectivity index (χ3v) is 3.55. The molecule has 0 saturated carbocycles. The number of carbonyl (C=O) groups is 2. The maximum Gasteiger partial charge on any atom is 0.305 e. The average Bonchev–Trinajstić information content (AvgIpc) is 2.80. The number of carbonyl (C=O) groups excluding carboxylic acids is 1. The molecule has 1 aliphatic heterocycles. The van der Waals surface area contributed by atoms with Crippen LogP contribution in [0.2, 0.25) is 0 Å². The molecule has 0 fully saturated rings. The van der Waals surface area contributed by atoms with Gasteiger partial charge in [0.2, 0.25) is 0 Å². The van der Waals surface area contributed by atoms with Crippen molar-refractivity contribution in [3.63, 3.8) is 0 Å². The first-order valence-electron chi connectivity index (χ1n) is 7.07. The fourth-order valence-corrected chi connectivity index (χ4v) is 2.48. The SMILES string of the molecule is CC(C)(C)N(CCC(=O)O)C(=O)C1Cc2ccccc2O1. The van der Waals surface area contributed by atoms with E-state index in [9.17, 15) is 9.59 Å². The first-order chi connectivity index (χ1) is 9.79. The van der Waals surface area contributed by atoms with Crippen molar-refractivity contribution in [3.05, 3.63) is 29.8 Å². The predicted molar refractivity (Wildman–Crippen MR) is 78.3 cm³/mol. The van der Waals surface area contributed by atoms with E-state index < -0.39 is 17.6 Å². The molecule has 21 heavy (non-hydrogen) atoms. The fourth-order valence-electron chi connectivity index (χ4n) is 2.48. The Morgan fingerprint density at radius 1 is 1.33 bits per heavy atom. The van der Waals surface area contributed by atoms with Crippen molar-refractivity contribution in [2.75, 3.05) is 6.54 Å². The highest BCUT2D eigenvalue weighted by molar-refractivity contribution is 5.83. The van der Waals surface area contributed by atoms with Crippen LogP contribution in [0.4, 0.5) is 0 Å². The largest absolute Gasteiger partial charge is 0.481 e. The Labute approximate surface area is 124 Å². The van der Waals surface area contributed by atoms with E-state index >= 15 is 0 Å². The van der Waals surface area contributed by atoms with Crippen molar-refractivity contribution in [2.45, 2.75) is 45.3 Å². The molecule has 1 atom stereocenters. The van der Waals surface area contributed by atoms with Crippen molar-refractivity contribution in [1.82, 2.24) is 4.90 Å². The Kier molecular flexibility index (Phi) is 4.21. The van der Waals surface area contributed by atoms with Crippen LogP contribution in [0.5, 0.6) is 5.75 Å². The Morgan fingerprint density at radius 2 is 2.00 bits per heavy atom. The van der Waals surface area contributed by atoms with Gasteiger partial charge in [-0.25, -0.2) is 0 Å².